The third-order valence-electron chi connectivity index (χ3n) is 7.02. The average Bonchev–Trinajstić information content (AvgIpc) is 2.96. The molecule has 0 saturated heterocycles. The summed E-state index contributed by atoms with van der Waals surface area (Å²) >= 11 is 0. The van der Waals surface area contributed by atoms with Gasteiger partial charge < -0.3 is 23.9 Å². The van der Waals surface area contributed by atoms with Crippen LogP contribution < -0.4 is 23.9 Å². The summed E-state index contributed by atoms with van der Waals surface area (Å²) < 4.78 is 17.1. The van der Waals surface area contributed by atoms with Crippen molar-refractivity contribution in [3.8, 4) is 28.7 Å². The van der Waals surface area contributed by atoms with E-state index in [-0.39, 0.29) is 5.92 Å². The van der Waals surface area contributed by atoms with Crippen LogP contribution in [0.1, 0.15) is 61.4 Å². The molecular formula is C32H44N2O5. The third-order valence-corrected chi connectivity index (χ3v) is 7.02. The molecule has 3 aromatic carbocycles. The smallest absolute Gasteiger partial charge is 0.203 e. The van der Waals surface area contributed by atoms with Crippen molar-refractivity contribution in [1.29, 1.82) is 0 Å². The van der Waals surface area contributed by atoms with Gasteiger partial charge in [0.1, 0.15) is 11.5 Å². The molecule has 0 heterocycles. The number of hydroxylamine groups is 4. The van der Waals surface area contributed by atoms with E-state index in [0.29, 0.717) is 17.2 Å². The Balaban J connectivity index is 2.29. The van der Waals surface area contributed by atoms with Gasteiger partial charge in [-0.05, 0) is 106 Å². The Bertz CT molecular complexity index is 1130. The lowest BCUT2D eigenvalue weighted by atomic mass is 9.81. The molecule has 0 amide bonds. The van der Waals surface area contributed by atoms with Crippen LogP contribution in [0.5, 0.6) is 28.7 Å². The summed E-state index contributed by atoms with van der Waals surface area (Å²) in [6.07, 6.45) is 0. The van der Waals surface area contributed by atoms with E-state index in [4.69, 9.17) is 23.9 Å². The van der Waals surface area contributed by atoms with Gasteiger partial charge in [-0.3, -0.25) is 0 Å². The van der Waals surface area contributed by atoms with E-state index >= 15 is 0 Å². The molecule has 7 nitrogen and oxygen atoms in total. The van der Waals surface area contributed by atoms with Crippen LogP contribution in [0.25, 0.3) is 0 Å². The molecule has 0 aromatic heterocycles. The Hall–Kier alpha value is -3.42. The second-order valence-corrected chi connectivity index (χ2v) is 9.34. The zero-order valence-electron chi connectivity index (χ0n) is 25.0. The van der Waals surface area contributed by atoms with E-state index in [2.05, 4.69) is 65.8 Å². The van der Waals surface area contributed by atoms with E-state index < -0.39 is 0 Å². The summed E-state index contributed by atoms with van der Waals surface area (Å²) in [6, 6.07) is 16.6. The maximum atomic E-state index is 6.22. The number of hydrogen-bond acceptors (Lipinski definition) is 7. The lowest BCUT2D eigenvalue weighted by molar-refractivity contribution is -0.0487. The van der Waals surface area contributed by atoms with Gasteiger partial charge in [-0.1, -0.05) is 12.1 Å². The Morgan fingerprint density at radius 3 is 1.33 bits per heavy atom. The molecule has 0 unspecified atom stereocenters. The van der Waals surface area contributed by atoms with Crippen LogP contribution in [0.15, 0.2) is 48.5 Å². The van der Waals surface area contributed by atoms with Gasteiger partial charge in [-0.2, -0.15) is 0 Å². The monoisotopic (exact) mass is 536 g/mol. The summed E-state index contributed by atoms with van der Waals surface area (Å²) in [4.78, 5) is 12.4. The first kappa shape index (κ1) is 30.1. The van der Waals surface area contributed by atoms with Crippen LogP contribution in [0.3, 0.4) is 0 Å². The van der Waals surface area contributed by atoms with Gasteiger partial charge in [0.05, 0.1) is 21.3 Å². The van der Waals surface area contributed by atoms with Crippen LogP contribution in [0.4, 0.5) is 0 Å². The minimum Gasteiger partial charge on any atom is -0.493 e. The summed E-state index contributed by atoms with van der Waals surface area (Å²) in [5.74, 6) is 3.22. The van der Waals surface area contributed by atoms with Crippen LogP contribution in [-0.4, -0.2) is 57.6 Å². The highest BCUT2D eigenvalue weighted by molar-refractivity contribution is 5.59. The number of hydrogen-bond donors (Lipinski definition) is 0. The first-order chi connectivity index (χ1) is 18.8. The molecule has 0 spiro atoms. The third kappa shape index (κ3) is 6.97. The summed E-state index contributed by atoms with van der Waals surface area (Å²) in [6.45, 7) is 15.8. The molecular weight excluding hydrogens is 492 g/mol. The fraction of sp³-hybridized carbons (Fsp3) is 0.438. The van der Waals surface area contributed by atoms with Crippen molar-refractivity contribution in [1.82, 2.24) is 10.1 Å². The molecule has 212 valence electrons. The second-order valence-electron chi connectivity index (χ2n) is 9.34. The molecule has 3 aromatic rings. The number of ether oxygens (including phenoxy) is 3. The van der Waals surface area contributed by atoms with Crippen molar-refractivity contribution in [3.05, 3.63) is 76.3 Å². The number of nitrogens with zero attached hydrogens (tertiary/aromatic N) is 2. The van der Waals surface area contributed by atoms with E-state index in [0.717, 1.165) is 65.5 Å². The Kier molecular flexibility index (Phi) is 10.9. The molecule has 39 heavy (non-hydrogen) atoms. The topological polar surface area (TPSA) is 52.6 Å². The Morgan fingerprint density at radius 1 is 0.590 bits per heavy atom. The molecule has 0 aliphatic rings. The fourth-order valence-electron chi connectivity index (χ4n) is 4.77. The number of benzene rings is 3. The summed E-state index contributed by atoms with van der Waals surface area (Å²) in [7, 11) is 4.90. The molecule has 3 rings (SSSR count). The Labute approximate surface area is 234 Å². The summed E-state index contributed by atoms with van der Waals surface area (Å²) in [5.41, 5.74) is 5.55. The van der Waals surface area contributed by atoms with Crippen LogP contribution in [0.2, 0.25) is 0 Å². The average molecular weight is 537 g/mol. The van der Waals surface area contributed by atoms with E-state index in [1.54, 1.807) is 21.3 Å². The van der Waals surface area contributed by atoms with Gasteiger partial charge in [0.2, 0.25) is 5.75 Å². The predicted molar refractivity (Wildman–Crippen MR) is 156 cm³/mol. The molecule has 0 atom stereocenters. The van der Waals surface area contributed by atoms with Crippen LogP contribution in [-0.2, 0) is 0 Å². The largest absolute Gasteiger partial charge is 0.493 e. The molecule has 0 saturated carbocycles. The molecule has 0 N–H and O–H groups in total. The van der Waals surface area contributed by atoms with Crippen LogP contribution >= 0.6 is 0 Å². The lowest BCUT2D eigenvalue weighted by Crippen LogP contribution is -2.27. The van der Waals surface area contributed by atoms with Crippen molar-refractivity contribution >= 4 is 0 Å². The van der Waals surface area contributed by atoms with Gasteiger partial charge in [-0.15, -0.1) is 10.1 Å². The molecule has 0 fully saturated rings. The fourth-order valence-corrected chi connectivity index (χ4v) is 4.77. The first-order valence-electron chi connectivity index (χ1n) is 13.7. The minimum atomic E-state index is -0.154. The second kappa shape index (κ2) is 14.1. The number of rotatable bonds is 14. The van der Waals surface area contributed by atoms with Crippen molar-refractivity contribution in [2.75, 3.05) is 47.5 Å². The zero-order valence-corrected chi connectivity index (χ0v) is 25.0. The highest BCUT2D eigenvalue weighted by Crippen LogP contribution is 2.45. The number of methoxy groups -OCH3 is 3. The SMILES string of the molecule is CCN(CC)Oc1ccc(C)c(C(c2cc(OC)c(OC)c(OC)c2)c2cc(ON(CC)CC)ccc2C)c1. The first-order valence-corrected chi connectivity index (χ1v) is 13.7. The Morgan fingerprint density at radius 2 is 1.00 bits per heavy atom. The standard InChI is InChI=1S/C32H44N2O5/c1-10-33(11-2)38-25-16-14-22(5)27(20-25)31(24-18-29(35-7)32(37-9)30(19-24)36-8)28-21-26(17-15-23(28)6)39-34(12-3)13-4/h14-21,31H,10-13H2,1-9H3. The quantitative estimate of drug-likeness (QED) is 0.166. The maximum absolute atomic E-state index is 6.22. The van der Waals surface area contributed by atoms with Crippen molar-refractivity contribution < 1.29 is 23.9 Å². The van der Waals surface area contributed by atoms with Gasteiger partial charge in [0, 0.05) is 32.1 Å². The molecule has 7 heteroatoms. The number of aryl methyl sites for hydroxylation is 2. The minimum absolute atomic E-state index is 0.154. The van der Waals surface area contributed by atoms with E-state index in [9.17, 15) is 0 Å². The highest BCUT2D eigenvalue weighted by atomic mass is 16.7. The molecule has 0 bridgehead atoms. The van der Waals surface area contributed by atoms with Crippen molar-refractivity contribution in [2.45, 2.75) is 47.5 Å². The maximum Gasteiger partial charge on any atom is 0.203 e. The predicted octanol–water partition coefficient (Wildman–Crippen LogP) is 6.78. The van der Waals surface area contributed by atoms with Gasteiger partial charge in [0.15, 0.2) is 11.5 Å². The highest BCUT2D eigenvalue weighted by Gasteiger charge is 2.26. The van der Waals surface area contributed by atoms with E-state index in [1.165, 1.54) is 0 Å². The lowest BCUT2D eigenvalue weighted by Gasteiger charge is -2.27. The van der Waals surface area contributed by atoms with Gasteiger partial charge in [-0.25, -0.2) is 0 Å². The van der Waals surface area contributed by atoms with E-state index in [1.807, 2.05) is 34.4 Å². The molecule has 0 aliphatic heterocycles. The van der Waals surface area contributed by atoms with Gasteiger partial charge in [0.25, 0.3) is 0 Å². The molecule has 0 radical (unpaired) electrons. The molecule has 0 aliphatic carbocycles. The van der Waals surface area contributed by atoms with Gasteiger partial charge >= 0.3 is 0 Å². The summed E-state index contributed by atoms with van der Waals surface area (Å²) in [5, 5.41) is 3.87. The normalized spacial score (nSPS) is 11.3. The van der Waals surface area contributed by atoms with Crippen LogP contribution in [0, 0.1) is 13.8 Å². The van der Waals surface area contributed by atoms with Crippen molar-refractivity contribution in [2.24, 2.45) is 0 Å². The zero-order chi connectivity index (χ0) is 28.5. The van der Waals surface area contributed by atoms with Crippen molar-refractivity contribution in [3.63, 3.8) is 0 Å².